The number of hydrogen-bond donors (Lipinski definition) is 1. The van der Waals surface area contributed by atoms with Crippen LogP contribution in [-0.2, 0) is 0 Å². The summed E-state index contributed by atoms with van der Waals surface area (Å²) < 4.78 is 11.7. The minimum atomic E-state index is -0.0283. The van der Waals surface area contributed by atoms with E-state index in [1.54, 1.807) is 7.11 Å². The van der Waals surface area contributed by atoms with Gasteiger partial charge in [-0.1, -0.05) is 19.4 Å². The summed E-state index contributed by atoms with van der Waals surface area (Å²) >= 11 is 0. The molecule has 0 radical (unpaired) electrons. The number of nitrogens with two attached hydrogens (primary N) is 1. The van der Waals surface area contributed by atoms with Crippen LogP contribution in [0.4, 0.5) is 0 Å². The largest absolute Gasteiger partial charge is 0.497 e. The molecule has 3 heteroatoms. The number of rotatable bonds is 2. The Morgan fingerprint density at radius 3 is 2.95 bits per heavy atom. The molecule has 104 valence electrons. The van der Waals surface area contributed by atoms with Crippen LogP contribution in [0.3, 0.4) is 0 Å². The molecule has 0 aromatic heterocycles. The minimum absolute atomic E-state index is 0.0283. The van der Waals surface area contributed by atoms with Crippen LogP contribution in [0.15, 0.2) is 18.2 Å². The summed E-state index contributed by atoms with van der Waals surface area (Å²) in [6, 6.07) is 6.07. The van der Waals surface area contributed by atoms with Gasteiger partial charge in [-0.2, -0.15) is 0 Å². The van der Waals surface area contributed by atoms with Crippen molar-refractivity contribution in [2.24, 2.45) is 11.7 Å². The third kappa shape index (κ3) is 2.20. The summed E-state index contributed by atoms with van der Waals surface area (Å²) in [5.41, 5.74) is 7.45. The van der Waals surface area contributed by atoms with E-state index in [2.05, 4.69) is 6.92 Å². The molecule has 2 N–H and O–H groups in total. The molecule has 1 saturated carbocycles. The fraction of sp³-hybridized carbons (Fsp3) is 0.625. The summed E-state index contributed by atoms with van der Waals surface area (Å²) in [5.74, 6) is 2.56. The standard InChI is InChI=1S/C16H23NO2/c1-3-11-6-7-16(9-11)10-14(17)13-5-4-12(18-2)8-15(13)19-16/h4-5,8,11,14H,3,6-7,9-10,17H2,1-2H3/t11?,14-,16?/m1/s1. The Balaban J connectivity index is 1.90. The maximum atomic E-state index is 6.37. The van der Waals surface area contributed by atoms with Gasteiger partial charge in [0, 0.05) is 24.1 Å². The monoisotopic (exact) mass is 261 g/mol. The molecule has 3 nitrogen and oxygen atoms in total. The van der Waals surface area contributed by atoms with Crippen LogP contribution >= 0.6 is 0 Å². The van der Waals surface area contributed by atoms with Gasteiger partial charge in [-0.05, 0) is 31.2 Å². The zero-order chi connectivity index (χ0) is 13.5. The normalized spacial score (nSPS) is 33.0. The Hall–Kier alpha value is -1.22. The van der Waals surface area contributed by atoms with Crippen LogP contribution < -0.4 is 15.2 Å². The van der Waals surface area contributed by atoms with E-state index in [1.165, 1.54) is 12.8 Å². The maximum absolute atomic E-state index is 6.37. The molecule has 19 heavy (non-hydrogen) atoms. The smallest absolute Gasteiger partial charge is 0.128 e. The van der Waals surface area contributed by atoms with Crippen LogP contribution in [0.1, 0.15) is 50.6 Å². The van der Waals surface area contributed by atoms with Crippen LogP contribution in [0.25, 0.3) is 0 Å². The first kappa shape index (κ1) is 12.8. The molecule has 2 aliphatic rings. The second-order valence-corrected chi connectivity index (χ2v) is 6.02. The number of ether oxygens (including phenoxy) is 2. The highest BCUT2D eigenvalue weighted by molar-refractivity contribution is 5.44. The molecule has 0 saturated heterocycles. The average molecular weight is 261 g/mol. The molecule has 1 spiro atoms. The van der Waals surface area contributed by atoms with E-state index in [-0.39, 0.29) is 11.6 Å². The van der Waals surface area contributed by atoms with Gasteiger partial charge < -0.3 is 15.2 Å². The van der Waals surface area contributed by atoms with Crippen molar-refractivity contribution in [1.82, 2.24) is 0 Å². The Kier molecular flexibility index (Phi) is 3.17. The molecule has 3 atom stereocenters. The predicted molar refractivity (Wildman–Crippen MR) is 75.5 cm³/mol. The van der Waals surface area contributed by atoms with Gasteiger partial charge in [0.1, 0.15) is 17.1 Å². The first-order chi connectivity index (χ1) is 9.15. The quantitative estimate of drug-likeness (QED) is 0.887. The van der Waals surface area contributed by atoms with E-state index in [0.717, 1.165) is 42.2 Å². The second-order valence-electron chi connectivity index (χ2n) is 6.02. The third-order valence-corrected chi connectivity index (χ3v) is 4.78. The first-order valence-corrected chi connectivity index (χ1v) is 7.28. The van der Waals surface area contributed by atoms with Gasteiger partial charge in [0.25, 0.3) is 0 Å². The SMILES string of the molecule is CCC1CCC2(C1)C[C@@H](N)c1ccc(OC)cc1O2. The molecular formula is C16H23NO2. The third-order valence-electron chi connectivity index (χ3n) is 4.78. The molecule has 1 aliphatic carbocycles. The van der Waals surface area contributed by atoms with Crippen molar-refractivity contribution in [3.05, 3.63) is 23.8 Å². The molecule has 0 amide bonds. The van der Waals surface area contributed by atoms with Crippen molar-refractivity contribution >= 4 is 0 Å². The average Bonchev–Trinajstić information content (AvgIpc) is 2.80. The predicted octanol–water partition coefficient (Wildman–Crippen LogP) is 3.43. The molecule has 1 fully saturated rings. The van der Waals surface area contributed by atoms with Gasteiger partial charge in [-0.3, -0.25) is 0 Å². The summed E-state index contributed by atoms with van der Waals surface area (Å²) in [4.78, 5) is 0. The van der Waals surface area contributed by atoms with E-state index >= 15 is 0 Å². The molecule has 1 heterocycles. The van der Waals surface area contributed by atoms with Crippen molar-refractivity contribution in [3.63, 3.8) is 0 Å². The van der Waals surface area contributed by atoms with Crippen LogP contribution in [0.2, 0.25) is 0 Å². The van der Waals surface area contributed by atoms with E-state index in [0.29, 0.717) is 0 Å². The zero-order valence-electron chi connectivity index (χ0n) is 11.8. The highest BCUT2D eigenvalue weighted by Crippen LogP contribution is 2.49. The summed E-state index contributed by atoms with van der Waals surface area (Å²) in [6.07, 6.45) is 5.74. The highest BCUT2D eigenvalue weighted by atomic mass is 16.5. The van der Waals surface area contributed by atoms with E-state index in [1.807, 2.05) is 18.2 Å². The molecular weight excluding hydrogens is 238 g/mol. The lowest BCUT2D eigenvalue weighted by Gasteiger charge is -2.39. The van der Waals surface area contributed by atoms with E-state index in [4.69, 9.17) is 15.2 Å². The minimum Gasteiger partial charge on any atom is -0.497 e. The molecule has 0 bridgehead atoms. The van der Waals surface area contributed by atoms with Gasteiger partial charge in [0.15, 0.2) is 0 Å². The Morgan fingerprint density at radius 2 is 2.26 bits per heavy atom. The summed E-state index contributed by atoms with van der Waals surface area (Å²) in [5, 5.41) is 0. The van der Waals surface area contributed by atoms with E-state index in [9.17, 15) is 0 Å². The zero-order valence-corrected chi connectivity index (χ0v) is 11.8. The Labute approximate surface area is 115 Å². The topological polar surface area (TPSA) is 44.5 Å². The van der Waals surface area contributed by atoms with Crippen molar-refractivity contribution < 1.29 is 9.47 Å². The van der Waals surface area contributed by atoms with Gasteiger partial charge >= 0.3 is 0 Å². The Morgan fingerprint density at radius 1 is 1.42 bits per heavy atom. The van der Waals surface area contributed by atoms with Crippen molar-refractivity contribution in [1.29, 1.82) is 0 Å². The maximum Gasteiger partial charge on any atom is 0.128 e. The van der Waals surface area contributed by atoms with Crippen molar-refractivity contribution in [2.75, 3.05) is 7.11 Å². The molecule has 1 aromatic rings. The van der Waals surface area contributed by atoms with Crippen LogP contribution in [0, 0.1) is 5.92 Å². The highest BCUT2D eigenvalue weighted by Gasteiger charge is 2.45. The lowest BCUT2D eigenvalue weighted by molar-refractivity contribution is 0.0382. The molecule has 1 aliphatic heterocycles. The van der Waals surface area contributed by atoms with Gasteiger partial charge in [0.2, 0.25) is 0 Å². The second kappa shape index (κ2) is 4.71. The van der Waals surface area contributed by atoms with Gasteiger partial charge in [0.05, 0.1) is 7.11 Å². The van der Waals surface area contributed by atoms with E-state index < -0.39 is 0 Å². The first-order valence-electron chi connectivity index (χ1n) is 7.28. The van der Waals surface area contributed by atoms with Gasteiger partial charge in [-0.25, -0.2) is 0 Å². The molecule has 1 aromatic carbocycles. The molecule has 3 rings (SSSR count). The number of benzene rings is 1. The van der Waals surface area contributed by atoms with Crippen molar-refractivity contribution in [3.8, 4) is 11.5 Å². The number of hydrogen-bond acceptors (Lipinski definition) is 3. The lowest BCUT2D eigenvalue weighted by Crippen LogP contribution is -2.40. The fourth-order valence-corrected chi connectivity index (χ4v) is 3.65. The van der Waals surface area contributed by atoms with Gasteiger partial charge in [-0.15, -0.1) is 0 Å². The van der Waals surface area contributed by atoms with Crippen molar-refractivity contribution in [2.45, 2.75) is 50.7 Å². The number of methoxy groups -OCH3 is 1. The summed E-state index contributed by atoms with van der Waals surface area (Å²) in [6.45, 7) is 2.27. The van der Waals surface area contributed by atoms with Crippen LogP contribution in [0.5, 0.6) is 11.5 Å². The Bertz CT molecular complexity index is 474. The number of fused-ring (bicyclic) bond motifs is 1. The summed E-state index contributed by atoms with van der Waals surface area (Å²) in [7, 11) is 1.68. The molecule has 2 unspecified atom stereocenters. The lowest BCUT2D eigenvalue weighted by atomic mass is 9.85. The van der Waals surface area contributed by atoms with Crippen LogP contribution in [-0.4, -0.2) is 12.7 Å². The fourth-order valence-electron chi connectivity index (χ4n) is 3.65.